The van der Waals surface area contributed by atoms with Gasteiger partial charge in [0.05, 0.1) is 11.8 Å². The van der Waals surface area contributed by atoms with Gasteiger partial charge in [-0.2, -0.15) is 0 Å². The highest BCUT2D eigenvalue weighted by Crippen LogP contribution is 2.45. The second kappa shape index (κ2) is 6.52. The Labute approximate surface area is 172 Å². The molecule has 5 rings (SSSR count). The lowest BCUT2D eigenvalue weighted by Gasteiger charge is -2.10. The molecule has 0 unspecified atom stereocenters. The van der Waals surface area contributed by atoms with Crippen LogP contribution < -0.4 is 10.6 Å². The Morgan fingerprint density at radius 3 is 2.69 bits per heavy atom. The van der Waals surface area contributed by atoms with Crippen molar-refractivity contribution in [3.63, 3.8) is 0 Å². The Bertz CT molecular complexity index is 1240. The summed E-state index contributed by atoms with van der Waals surface area (Å²) in [6, 6.07) is 8.20. The second-order valence-corrected chi connectivity index (χ2v) is 8.87. The van der Waals surface area contributed by atoms with Crippen molar-refractivity contribution in [1.82, 2.24) is 24.8 Å². The highest BCUT2D eigenvalue weighted by molar-refractivity contribution is 7.22. The smallest absolute Gasteiger partial charge is 0.226 e. The first kappa shape index (κ1) is 18.1. The van der Waals surface area contributed by atoms with Crippen molar-refractivity contribution in [3.05, 3.63) is 36.2 Å². The largest absolute Gasteiger partial charge is 0.371 e. The van der Waals surface area contributed by atoms with Crippen LogP contribution in [-0.2, 0) is 18.4 Å². The molecule has 1 amide bonds. The van der Waals surface area contributed by atoms with E-state index in [1.165, 1.54) is 0 Å². The van der Waals surface area contributed by atoms with Crippen LogP contribution in [0.25, 0.3) is 32.0 Å². The third kappa shape index (κ3) is 3.04. The van der Waals surface area contributed by atoms with Gasteiger partial charge in [-0.05, 0) is 18.4 Å². The molecule has 0 radical (unpaired) electrons. The van der Waals surface area contributed by atoms with Gasteiger partial charge >= 0.3 is 0 Å². The molecule has 29 heavy (non-hydrogen) atoms. The lowest BCUT2D eigenvalue weighted by atomic mass is 10.1. The number of anilines is 1. The lowest BCUT2D eigenvalue weighted by molar-refractivity contribution is -0.125. The van der Waals surface area contributed by atoms with Gasteiger partial charge in [-0.3, -0.25) is 4.79 Å². The molecule has 0 bridgehead atoms. The number of nitrogens with zero attached hydrogens (tertiary/aromatic N) is 4. The van der Waals surface area contributed by atoms with Gasteiger partial charge in [0.2, 0.25) is 5.91 Å². The number of aryl methyl sites for hydroxylation is 1. The van der Waals surface area contributed by atoms with Crippen LogP contribution in [0.5, 0.6) is 0 Å². The summed E-state index contributed by atoms with van der Waals surface area (Å²) in [4.78, 5) is 26.0. The van der Waals surface area contributed by atoms with E-state index in [9.17, 15) is 4.79 Å². The zero-order chi connectivity index (χ0) is 20.2. The molecule has 1 saturated carbocycles. The van der Waals surface area contributed by atoms with Gasteiger partial charge in [0.15, 0.2) is 11.5 Å². The SMILES string of the molecule is CNc1nc2nc(-c3ccc(CNC(=O)C4(C)CC4)cc3)sc2c2c1ncn2C. The number of carbonyl (C=O) groups excluding carboxylic acids is 1. The van der Waals surface area contributed by atoms with Gasteiger partial charge in [0.1, 0.15) is 15.2 Å². The molecule has 7 nitrogen and oxygen atoms in total. The minimum atomic E-state index is -0.142. The van der Waals surface area contributed by atoms with Crippen LogP contribution in [0.3, 0.4) is 0 Å². The van der Waals surface area contributed by atoms with E-state index in [-0.39, 0.29) is 11.3 Å². The number of benzene rings is 1. The van der Waals surface area contributed by atoms with Crippen LogP contribution in [-0.4, -0.2) is 32.5 Å². The summed E-state index contributed by atoms with van der Waals surface area (Å²) < 4.78 is 3.04. The van der Waals surface area contributed by atoms with Crippen molar-refractivity contribution in [1.29, 1.82) is 0 Å². The number of amides is 1. The molecule has 8 heteroatoms. The van der Waals surface area contributed by atoms with E-state index in [0.29, 0.717) is 6.54 Å². The summed E-state index contributed by atoms with van der Waals surface area (Å²) in [6.45, 7) is 2.57. The standard InChI is InChI=1S/C21H22N6OS/c1-21(8-9-21)20(28)23-10-12-4-6-13(7-5-12)19-26-18-16(29-19)15-14(17(22-2)25-18)24-11-27(15)3/h4-7,11H,8-10H2,1-3H3,(H,22,25)(H,23,28). The normalized spacial score (nSPS) is 15.0. The van der Waals surface area contributed by atoms with Gasteiger partial charge in [0, 0.05) is 31.6 Å². The van der Waals surface area contributed by atoms with Crippen LogP contribution in [0, 0.1) is 5.41 Å². The number of aromatic nitrogens is 4. The molecule has 0 spiro atoms. The first-order valence-corrected chi connectivity index (χ1v) is 10.5. The van der Waals surface area contributed by atoms with Gasteiger partial charge in [-0.25, -0.2) is 15.0 Å². The fraction of sp³-hybridized carbons (Fsp3) is 0.333. The summed E-state index contributed by atoms with van der Waals surface area (Å²) in [5.74, 6) is 0.889. The number of imidazole rings is 1. The summed E-state index contributed by atoms with van der Waals surface area (Å²) in [6.07, 6.45) is 3.78. The third-order valence-electron chi connectivity index (χ3n) is 5.64. The van der Waals surface area contributed by atoms with Crippen LogP contribution in [0.1, 0.15) is 25.3 Å². The number of pyridine rings is 1. The van der Waals surface area contributed by atoms with Gasteiger partial charge < -0.3 is 15.2 Å². The number of carbonyl (C=O) groups is 1. The maximum atomic E-state index is 12.1. The minimum absolute atomic E-state index is 0.142. The van der Waals surface area contributed by atoms with E-state index < -0.39 is 0 Å². The molecule has 4 aromatic rings. The Hall–Kier alpha value is -3.00. The van der Waals surface area contributed by atoms with E-state index in [0.717, 1.165) is 56.2 Å². The Balaban J connectivity index is 1.44. The van der Waals surface area contributed by atoms with Crippen molar-refractivity contribution in [2.24, 2.45) is 12.5 Å². The molecule has 2 N–H and O–H groups in total. The van der Waals surface area contributed by atoms with E-state index in [2.05, 4.69) is 32.7 Å². The Kier molecular flexibility index (Phi) is 4.06. The maximum Gasteiger partial charge on any atom is 0.226 e. The Morgan fingerprint density at radius 1 is 1.24 bits per heavy atom. The summed E-state index contributed by atoms with van der Waals surface area (Å²) in [5, 5.41) is 7.07. The molecular weight excluding hydrogens is 384 g/mol. The van der Waals surface area contributed by atoms with Gasteiger partial charge in [-0.1, -0.05) is 31.2 Å². The van der Waals surface area contributed by atoms with Crippen molar-refractivity contribution in [2.75, 3.05) is 12.4 Å². The van der Waals surface area contributed by atoms with E-state index >= 15 is 0 Å². The van der Waals surface area contributed by atoms with Crippen LogP contribution in [0.4, 0.5) is 5.82 Å². The number of nitrogens with one attached hydrogen (secondary N) is 2. The second-order valence-electron chi connectivity index (χ2n) is 7.88. The number of rotatable bonds is 5. The predicted molar refractivity (Wildman–Crippen MR) is 116 cm³/mol. The number of fused-ring (bicyclic) bond motifs is 3. The lowest BCUT2D eigenvalue weighted by Crippen LogP contribution is -2.29. The van der Waals surface area contributed by atoms with E-state index in [1.54, 1.807) is 17.7 Å². The van der Waals surface area contributed by atoms with Crippen molar-refractivity contribution < 1.29 is 4.79 Å². The van der Waals surface area contributed by atoms with E-state index in [1.807, 2.05) is 37.7 Å². The topological polar surface area (TPSA) is 84.7 Å². The molecule has 1 fully saturated rings. The monoisotopic (exact) mass is 406 g/mol. The number of hydrogen-bond donors (Lipinski definition) is 2. The van der Waals surface area contributed by atoms with Crippen LogP contribution >= 0.6 is 11.3 Å². The van der Waals surface area contributed by atoms with Gasteiger partial charge in [-0.15, -0.1) is 11.3 Å². The molecule has 1 aliphatic carbocycles. The van der Waals surface area contributed by atoms with Crippen molar-refractivity contribution in [2.45, 2.75) is 26.3 Å². The quantitative estimate of drug-likeness (QED) is 0.528. The molecule has 3 aromatic heterocycles. The predicted octanol–water partition coefficient (Wildman–Crippen LogP) is 3.70. The number of thiazole rings is 1. The molecular formula is C21H22N6OS. The molecule has 1 aromatic carbocycles. The zero-order valence-electron chi connectivity index (χ0n) is 16.6. The average molecular weight is 407 g/mol. The van der Waals surface area contributed by atoms with Crippen molar-refractivity contribution >= 4 is 44.4 Å². The first-order chi connectivity index (χ1) is 14.0. The fourth-order valence-corrected chi connectivity index (χ4v) is 4.54. The molecule has 0 saturated heterocycles. The number of hydrogen-bond acceptors (Lipinski definition) is 6. The summed E-state index contributed by atoms with van der Waals surface area (Å²) in [7, 11) is 3.83. The van der Waals surface area contributed by atoms with Gasteiger partial charge in [0.25, 0.3) is 0 Å². The van der Waals surface area contributed by atoms with Crippen LogP contribution in [0.15, 0.2) is 30.6 Å². The average Bonchev–Trinajstić information content (AvgIpc) is 3.17. The third-order valence-corrected chi connectivity index (χ3v) is 6.74. The van der Waals surface area contributed by atoms with E-state index in [4.69, 9.17) is 4.98 Å². The Morgan fingerprint density at radius 2 is 2.00 bits per heavy atom. The summed E-state index contributed by atoms with van der Waals surface area (Å²) in [5.41, 5.74) is 4.59. The van der Waals surface area contributed by atoms with Crippen molar-refractivity contribution in [3.8, 4) is 10.6 Å². The molecule has 0 atom stereocenters. The highest BCUT2D eigenvalue weighted by Gasteiger charge is 2.44. The minimum Gasteiger partial charge on any atom is -0.371 e. The summed E-state index contributed by atoms with van der Waals surface area (Å²) >= 11 is 1.62. The zero-order valence-corrected chi connectivity index (χ0v) is 17.4. The molecule has 148 valence electrons. The molecule has 1 aliphatic rings. The maximum absolute atomic E-state index is 12.1. The fourth-order valence-electron chi connectivity index (χ4n) is 3.45. The highest BCUT2D eigenvalue weighted by atomic mass is 32.1. The first-order valence-electron chi connectivity index (χ1n) is 9.65. The molecule has 3 heterocycles. The molecule has 0 aliphatic heterocycles. The van der Waals surface area contributed by atoms with Crippen LogP contribution in [0.2, 0.25) is 0 Å².